The molecular weight excluding hydrogens is 188 g/mol. The maximum atomic E-state index is 10.4. The summed E-state index contributed by atoms with van der Waals surface area (Å²) >= 11 is 1.42. The highest BCUT2D eigenvalue weighted by atomic mass is 32.1. The highest BCUT2D eigenvalue weighted by Gasteiger charge is 2.02. The van der Waals surface area contributed by atoms with Gasteiger partial charge in [-0.25, -0.2) is 4.79 Å². The number of rotatable bonds is 4. The van der Waals surface area contributed by atoms with Gasteiger partial charge in [-0.15, -0.1) is 11.3 Å². The zero-order valence-corrected chi connectivity index (χ0v) is 7.97. The molecule has 0 aliphatic carbocycles. The molecule has 0 saturated carbocycles. The van der Waals surface area contributed by atoms with E-state index in [1.807, 2.05) is 6.07 Å². The number of carbonyl (C=O) groups is 1. The molecule has 4 N–H and O–H groups in total. The topological polar surface area (TPSA) is 78.3 Å². The van der Waals surface area contributed by atoms with Crippen molar-refractivity contribution in [3.05, 3.63) is 17.0 Å². The van der Waals surface area contributed by atoms with E-state index in [2.05, 4.69) is 0 Å². The highest BCUT2D eigenvalue weighted by molar-refractivity contribution is 7.13. The Morgan fingerprint density at radius 3 is 2.92 bits per heavy atom. The van der Waals surface area contributed by atoms with E-state index in [9.17, 15) is 4.79 Å². The second kappa shape index (κ2) is 4.84. The summed E-state index contributed by atoms with van der Waals surface area (Å²) in [6.07, 6.45) is 1.09. The van der Waals surface area contributed by atoms with Crippen molar-refractivity contribution in [3.63, 3.8) is 0 Å². The number of aryl methyl sites for hydroxylation is 1. The summed E-state index contributed by atoms with van der Waals surface area (Å²) in [5.74, 6) is 0. The quantitative estimate of drug-likeness (QED) is 0.763. The van der Waals surface area contributed by atoms with Crippen LogP contribution >= 0.6 is 11.3 Å². The molecule has 0 bridgehead atoms. The van der Waals surface area contributed by atoms with E-state index < -0.39 is 6.09 Å². The molecule has 13 heavy (non-hydrogen) atoms. The van der Waals surface area contributed by atoms with Crippen molar-refractivity contribution >= 4 is 17.4 Å². The molecule has 1 amide bonds. The summed E-state index contributed by atoms with van der Waals surface area (Å²) < 4.78 is 4.70. The number of ether oxygens (including phenoxy) is 1. The molecule has 0 spiro atoms. The van der Waals surface area contributed by atoms with Gasteiger partial charge >= 0.3 is 6.09 Å². The van der Waals surface area contributed by atoms with E-state index in [1.54, 1.807) is 6.07 Å². The van der Waals surface area contributed by atoms with E-state index in [4.69, 9.17) is 16.2 Å². The van der Waals surface area contributed by atoms with Crippen LogP contribution in [-0.4, -0.2) is 12.6 Å². The monoisotopic (exact) mass is 200 g/mol. The van der Waals surface area contributed by atoms with Crippen molar-refractivity contribution in [1.82, 2.24) is 0 Å². The third-order valence-corrected chi connectivity index (χ3v) is 2.49. The Hall–Kier alpha value is -1.07. The molecule has 0 saturated heterocycles. The summed E-state index contributed by atoms with van der Waals surface area (Å²) in [6.45, 7) is 0.671. The van der Waals surface area contributed by atoms with Gasteiger partial charge in [0.15, 0.2) is 5.06 Å². The molecule has 1 aromatic heterocycles. The fourth-order valence-electron chi connectivity index (χ4n) is 0.923. The second-order valence-electron chi connectivity index (χ2n) is 2.53. The molecule has 1 aromatic rings. The maximum absolute atomic E-state index is 10.4. The molecule has 0 unspecified atom stereocenters. The first-order chi connectivity index (χ1) is 6.22. The third-order valence-electron chi connectivity index (χ3n) is 1.47. The van der Waals surface area contributed by atoms with Crippen LogP contribution in [0.15, 0.2) is 12.1 Å². The number of primary amides is 1. The fourth-order valence-corrected chi connectivity index (χ4v) is 1.82. The van der Waals surface area contributed by atoms with Crippen LogP contribution in [0.5, 0.6) is 5.06 Å². The Morgan fingerprint density at radius 2 is 2.31 bits per heavy atom. The Morgan fingerprint density at radius 1 is 1.54 bits per heavy atom. The molecule has 4 nitrogen and oxygen atoms in total. The largest absolute Gasteiger partial charge is 0.410 e. The Bertz CT molecular complexity index is 285. The summed E-state index contributed by atoms with van der Waals surface area (Å²) in [4.78, 5) is 11.5. The summed E-state index contributed by atoms with van der Waals surface area (Å²) in [5, 5.41) is 0.541. The molecule has 5 heteroatoms. The van der Waals surface area contributed by atoms with Crippen molar-refractivity contribution < 1.29 is 9.53 Å². The minimum absolute atomic E-state index is 0.541. The van der Waals surface area contributed by atoms with Crippen LogP contribution in [-0.2, 0) is 6.42 Å². The molecule has 0 aliphatic heterocycles. The predicted octanol–water partition coefficient (Wildman–Crippen LogP) is 1.10. The number of amides is 1. The van der Waals surface area contributed by atoms with Crippen molar-refractivity contribution in [2.75, 3.05) is 6.54 Å². The van der Waals surface area contributed by atoms with Crippen molar-refractivity contribution in [3.8, 4) is 5.06 Å². The number of nitrogens with two attached hydrogens (primary N) is 2. The lowest BCUT2D eigenvalue weighted by molar-refractivity contribution is 0.212. The molecule has 0 fully saturated rings. The van der Waals surface area contributed by atoms with Crippen LogP contribution in [0.25, 0.3) is 0 Å². The minimum atomic E-state index is -0.771. The van der Waals surface area contributed by atoms with Crippen LogP contribution in [0.2, 0.25) is 0 Å². The Kier molecular flexibility index (Phi) is 3.72. The molecule has 1 rings (SSSR count). The molecular formula is C8H12N2O2S. The number of hydrogen-bond donors (Lipinski definition) is 2. The SMILES string of the molecule is NCCCc1ccc(OC(N)=O)s1. The van der Waals surface area contributed by atoms with Gasteiger partial charge in [0, 0.05) is 4.88 Å². The summed E-state index contributed by atoms with van der Waals surface area (Å²) in [6, 6.07) is 3.65. The van der Waals surface area contributed by atoms with Gasteiger partial charge in [0.05, 0.1) is 0 Å². The van der Waals surface area contributed by atoms with Crippen LogP contribution in [0.1, 0.15) is 11.3 Å². The lowest BCUT2D eigenvalue weighted by Crippen LogP contribution is -2.15. The van der Waals surface area contributed by atoms with Gasteiger partial charge in [-0.1, -0.05) is 0 Å². The number of hydrogen-bond acceptors (Lipinski definition) is 4. The first-order valence-corrected chi connectivity index (χ1v) is 4.80. The Balaban J connectivity index is 2.48. The van der Waals surface area contributed by atoms with E-state index >= 15 is 0 Å². The zero-order valence-electron chi connectivity index (χ0n) is 7.16. The van der Waals surface area contributed by atoms with Gasteiger partial charge in [0.1, 0.15) is 0 Å². The molecule has 0 atom stereocenters. The van der Waals surface area contributed by atoms with Crippen LogP contribution in [0.3, 0.4) is 0 Å². The number of carbonyl (C=O) groups excluding carboxylic acids is 1. The van der Waals surface area contributed by atoms with Gasteiger partial charge in [-0.3, -0.25) is 0 Å². The van der Waals surface area contributed by atoms with Gasteiger partial charge in [0.2, 0.25) is 0 Å². The third kappa shape index (κ3) is 3.43. The average molecular weight is 200 g/mol. The molecule has 72 valence electrons. The van der Waals surface area contributed by atoms with Crippen molar-refractivity contribution in [2.24, 2.45) is 11.5 Å². The molecule has 0 aromatic carbocycles. The van der Waals surface area contributed by atoms with Crippen LogP contribution in [0.4, 0.5) is 4.79 Å². The summed E-state index contributed by atoms with van der Waals surface area (Å²) in [5.41, 5.74) is 10.2. The molecule has 0 radical (unpaired) electrons. The number of thiophene rings is 1. The standard InChI is InChI=1S/C8H12N2O2S/c9-5-1-2-6-3-4-7(13-6)12-8(10)11/h3-4H,1-2,5,9H2,(H2,10,11). The Labute approximate surface area is 80.5 Å². The van der Waals surface area contributed by atoms with Gasteiger partial charge in [0.25, 0.3) is 0 Å². The average Bonchev–Trinajstić information content (AvgIpc) is 2.48. The summed E-state index contributed by atoms with van der Waals surface area (Å²) in [7, 11) is 0. The normalized spacial score (nSPS) is 9.92. The first kappa shape index (κ1) is 10.0. The molecule has 0 aliphatic rings. The lowest BCUT2D eigenvalue weighted by Gasteiger charge is -1.94. The van der Waals surface area contributed by atoms with Crippen molar-refractivity contribution in [1.29, 1.82) is 0 Å². The fraction of sp³-hybridized carbons (Fsp3) is 0.375. The predicted molar refractivity (Wildman–Crippen MR) is 51.9 cm³/mol. The van der Waals surface area contributed by atoms with E-state index in [1.165, 1.54) is 11.3 Å². The van der Waals surface area contributed by atoms with Crippen LogP contribution in [0, 0.1) is 0 Å². The van der Waals surface area contributed by atoms with Gasteiger partial charge < -0.3 is 16.2 Å². The lowest BCUT2D eigenvalue weighted by atomic mass is 10.3. The molecule has 1 heterocycles. The second-order valence-corrected chi connectivity index (χ2v) is 3.66. The van der Waals surface area contributed by atoms with E-state index in [-0.39, 0.29) is 0 Å². The van der Waals surface area contributed by atoms with E-state index in [0.717, 1.165) is 17.7 Å². The minimum Gasteiger partial charge on any atom is -0.399 e. The van der Waals surface area contributed by atoms with Gasteiger partial charge in [-0.05, 0) is 31.5 Å². The highest BCUT2D eigenvalue weighted by Crippen LogP contribution is 2.25. The van der Waals surface area contributed by atoms with Crippen LogP contribution < -0.4 is 16.2 Å². The maximum Gasteiger partial charge on any atom is 0.410 e. The zero-order chi connectivity index (χ0) is 9.68. The van der Waals surface area contributed by atoms with E-state index in [0.29, 0.717) is 11.6 Å². The first-order valence-electron chi connectivity index (χ1n) is 3.98. The van der Waals surface area contributed by atoms with Crippen molar-refractivity contribution in [2.45, 2.75) is 12.8 Å². The van der Waals surface area contributed by atoms with Gasteiger partial charge in [-0.2, -0.15) is 0 Å². The smallest absolute Gasteiger partial charge is 0.399 e.